The maximum atomic E-state index is 5.32. The summed E-state index contributed by atoms with van der Waals surface area (Å²) >= 11 is 0. The molecule has 0 aliphatic heterocycles. The highest BCUT2D eigenvalue weighted by molar-refractivity contribution is 5.63. The van der Waals surface area contributed by atoms with Crippen molar-refractivity contribution in [1.82, 2.24) is 15.2 Å². The first-order valence-electron chi connectivity index (χ1n) is 4.80. The van der Waals surface area contributed by atoms with Crippen molar-refractivity contribution in [3.8, 4) is 0 Å². The van der Waals surface area contributed by atoms with Crippen LogP contribution >= 0.6 is 0 Å². The molecule has 0 radical (unpaired) electrons. The van der Waals surface area contributed by atoms with Crippen LogP contribution in [0.1, 0.15) is 24.4 Å². The van der Waals surface area contributed by atoms with Crippen molar-refractivity contribution in [1.29, 1.82) is 0 Å². The molecule has 0 aliphatic carbocycles. The summed E-state index contributed by atoms with van der Waals surface area (Å²) in [6.07, 6.45) is 6.09. The molecule has 0 unspecified atom stereocenters. The smallest absolute Gasteiger partial charge is 0.240 e. The number of hydrogen-bond acceptors (Lipinski definition) is 4. The van der Waals surface area contributed by atoms with E-state index >= 15 is 0 Å². The average Bonchev–Trinajstić information content (AvgIpc) is 2.76. The highest BCUT2D eigenvalue weighted by Gasteiger charge is 1.99. The van der Waals surface area contributed by atoms with E-state index in [1.54, 1.807) is 12.3 Å². The molecule has 0 saturated carbocycles. The largest absolute Gasteiger partial charge is 0.421 e. The van der Waals surface area contributed by atoms with Gasteiger partial charge in [0, 0.05) is 18.7 Å². The van der Waals surface area contributed by atoms with Crippen LogP contribution in [0.5, 0.6) is 0 Å². The second-order valence-electron chi connectivity index (χ2n) is 2.98. The number of hydrogen-bond donors (Lipinski definition) is 0. The van der Waals surface area contributed by atoms with Crippen molar-refractivity contribution < 1.29 is 4.42 Å². The summed E-state index contributed by atoms with van der Waals surface area (Å²) < 4.78 is 5.32. The minimum absolute atomic E-state index is 0.512. The van der Waals surface area contributed by atoms with Crippen LogP contribution in [-0.2, 0) is 6.42 Å². The van der Waals surface area contributed by atoms with Gasteiger partial charge in [0.25, 0.3) is 0 Å². The van der Waals surface area contributed by atoms with E-state index in [9.17, 15) is 0 Å². The van der Waals surface area contributed by atoms with E-state index in [0.29, 0.717) is 11.8 Å². The van der Waals surface area contributed by atoms with Gasteiger partial charge in [-0.05, 0) is 18.2 Å². The van der Waals surface area contributed by atoms with Crippen molar-refractivity contribution >= 4 is 12.2 Å². The van der Waals surface area contributed by atoms with Crippen molar-refractivity contribution in [2.45, 2.75) is 13.3 Å². The van der Waals surface area contributed by atoms with Gasteiger partial charge >= 0.3 is 0 Å². The van der Waals surface area contributed by atoms with E-state index in [0.717, 1.165) is 12.1 Å². The lowest BCUT2D eigenvalue weighted by Gasteiger charge is -1.88. The van der Waals surface area contributed by atoms with Gasteiger partial charge in [0.2, 0.25) is 11.8 Å². The highest BCUT2D eigenvalue weighted by Crippen LogP contribution is 2.05. The van der Waals surface area contributed by atoms with Gasteiger partial charge in [-0.3, -0.25) is 4.98 Å². The Labute approximate surface area is 87.7 Å². The zero-order valence-electron chi connectivity index (χ0n) is 8.42. The lowest BCUT2D eigenvalue weighted by molar-refractivity contribution is 0.492. The third-order valence-corrected chi connectivity index (χ3v) is 1.87. The van der Waals surface area contributed by atoms with Crippen LogP contribution < -0.4 is 0 Å². The Hall–Kier alpha value is -1.97. The van der Waals surface area contributed by atoms with Gasteiger partial charge in [0.05, 0.1) is 5.69 Å². The van der Waals surface area contributed by atoms with Crippen LogP contribution in [0.4, 0.5) is 0 Å². The van der Waals surface area contributed by atoms with Crippen molar-refractivity contribution in [2.24, 2.45) is 0 Å². The minimum atomic E-state index is 0.512. The maximum Gasteiger partial charge on any atom is 0.240 e. The molecule has 0 aliphatic rings. The summed E-state index contributed by atoms with van der Waals surface area (Å²) in [6, 6.07) is 5.71. The monoisotopic (exact) mass is 201 g/mol. The van der Waals surface area contributed by atoms with Crippen LogP contribution in [0.25, 0.3) is 12.2 Å². The Bertz CT molecular complexity index is 448. The molecule has 0 fully saturated rings. The average molecular weight is 201 g/mol. The van der Waals surface area contributed by atoms with Crippen LogP contribution in [0.2, 0.25) is 0 Å². The molecule has 2 aromatic heterocycles. The molecule has 4 heteroatoms. The molecule has 0 spiro atoms. The van der Waals surface area contributed by atoms with Gasteiger partial charge in [-0.2, -0.15) is 0 Å². The Morgan fingerprint density at radius 3 is 2.87 bits per heavy atom. The van der Waals surface area contributed by atoms with Crippen molar-refractivity contribution in [3.63, 3.8) is 0 Å². The fourth-order valence-electron chi connectivity index (χ4n) is 1.11. The van der Waals surface area contributed by atoms with Gasteiger partial charge in [-0.15, -0.1) is 10.2 Å². The van der Waals surface area contributed by atoms with Gasteiger partial charge in [0.1, 0.15) is 0 Å². The first-order chi connectivity index (χ1) is 7.38. The second-order valence-corrected chi connectivity index (χ2v) is 2.98. The fraction of sp³-hybridized carbons (Fsp3) is 0.182. The van der Waals surface area contributed by atoms with E-state index in [1.165, 1.54) is 0 Å². The quantitative estimate of drug-likeness (QED) is 0.763. The SMILES string of the molecule is CCc1nnc(C=Cc2ccccn2)o1. The maximum absolute atomic E-state index is 5.32. The van der Waals surface area contributed by atoms with Gasteiger partial charge < -0.3 is 4.42 Å². The molecule has 76 valence electrons. The first kappa shape index (κ1) is 9.58. The van der Waals surface area contributed by atoms with Crippen molar-refractivity contribution in [3.05, 3.63) is 41.9 Å². The Balaban J connectivity index is 2.11. The van der Waals surface area contributed by atoms with E-state index in [4.69, 9.17) is 4.42 Å². The van der Waals surface area contributed by atoms with E-state index in [2.05, 4.69) is 15.2 Å². The van der Waals surface area contributed by atoms with E-state index in [-0.39, 0.29) is 0 Å². The Kier molecular flexibility index (Phi) is 2.88. The molecule has 2 rings (SSSR count). The van der Waals surface area contributed by atoms with Crippen LogP contribution in [-0.4, -0.2) is 15.2 Å². The standard InChI is InChI=1S/C11H11N3O/c1-2-10-13-14-11(15-10)7-6-9-5-3-4-8-12-9/h3-8H,2H2,1H3. The Morgan fingerprint density at radius 1 is 1.27 bits per heavy atom. The molecule has 4 nitrogen and oxygen atoms in total. The molecule has 2 aromatic rings. The number of nitrogens with zero attached hydrogens (tertiary/aromatic N) is 3. The lowest BCUT2D eigenvalue weighted by Crippen LogP contribution is -1.77. The van der Waals surface area contributed by atoms with Crippen LogP contribution in [0.15, 0.2) is 28.8 Å². The van der Waals surface area contributed by atoms with E-state index in [1.807, 2.05) is 31.2 Å². The summed E-state index contributed by atoms with van der Waals surface area (Å²) in [5.74, 6) is 1.16. The normalized spacial score (nSPS) is 11.0. The molecule has 0 amide bonds. The molecule has 15 heavy (non-hydrogen) atoms. The number of pyridine rings is 1. The minimum Gasteiger partial charge on any atom is -0.421 e. The second kappa shape index (κ2) is 4.50. The number of rotatable bonds is 3. The molecule has 0 aromatic carbocycles. The zero-order valence-corrected chi connectivity index (χ0v) is 8.42. The van der Waals surface area contributed by atoms with Crippen LogP contribution in [0.3, 0.4) is 0 Å². The molecular weight excluding hydrogens is 190 g/mol. The number of aromatic nitrogens is 3. The molecule has 0 bridgehead atoms. The number of aryl methyl sites for hydroxylation is 1. The first-order valence-corrected chi connectivity index (χ1v) is 4.80. The third-order valence-electron chi connectivity index (χ3n) is 1.87. The van der Waals surface area contributed by atoms with Crippen LogP contribution in [0, 0.1) is 0 Å². The predicted molar refractivity (Wildman–Crippen MR) is 56.8 cm³/mol. The summed E-state index contributed by atoms with van der Waals surface area (Å²) in [6.45, 7) is 1.97. The summed E-state index contributed by atoms with van der Waals surface area (Å²) in [4.78, 5) is 4.14. The zero-order chi connectivity index (χ0) is 10.5. The molecule has 0 saturated heterocycles. The highest BCUT2D eigenvalue weighted by atomic mass is 16.4. The third kappa shape index (κ3) is 2.49. The Morgan fingerprint density at radius 2 is 2.20 bits per heavy atom. The summed E-state index contributed by atoms with van der Waals surface area (Å²) in [5.41, 5.74) is 0.869. The van der Waals surface area contributed by atoms with Gasteiger partial charge in [-0.25, -0.2) is 0 Å². The fourth-order valence-corrected chi connectivity index (χ4v) is 1.11. The topological polar surface area (TPSA) is 51.8 Å². The molecule has 0 N–H and O–H groups in total. The predicted octanol–water partition coefficient (Wildman–Crippen LogP) is 2.20. The van der Waals surface area contributed by atoms with Gasteiger partial charge in [-0.1, -0.05) is 13.0 Å². The summed E-state index contributed by atoms with van der Waals surface area (Å²) in [7, 11) is 0. The molecule has 0 atom stereocenters. The van der Waals surface area contributed by atoms with E-state index < -0.39 is 0 Å². The van der Waals surface area contributed by atoms with Crippen molar-refractivity contribution in [2.75, 3.05) is 0 Å². The summed E-state index contributed by atoms with van der Waals surface area (Å²) in [5, 5.41) is 7.73. The molecule has 2 heterocycles. The molecular formula is C11H11N3O. The lowest BCUT2D eigenvalue weighted by atomic mass is 10.3. The van der Waals surface area contributed by atoms with Gasteiger partial charge in [0.15, 0.2) is 0 Å².